The molecule has 5 nitrogen and oxygen atoms in total. The maximum Gasteiger partial charge on any atom is 0.226 e. The molecule has 1 amide bonds. The highest BCUT2D eigenvalue weighted by Crippen LogP contribution is 2.33. The minimum absolute atomic E-state index is 0.114. The van der Waals surface area contributed by atoms with E-state index in [0.29, 0.717) is 10.7 Å². The van der Waals surface area contributed by atoms with Gasteiger partial charge in [0.05, 0.1) is 15.6 Å². The van der Waals surface area contributed by atoms with Crippen LogP contribution in [0.15, 0.2) is 23.1 Å². The number of sulfone groups is 1. The van der Waals surface area contributed by atoms with Crippen LogP contribution in [-0.4, -0.2) is 26.1 Å². The zero-order chi connectivity index (χ0) is 15.0. The van der Waals surface area contributed by atoms with Gasteiger partial charge in [-0.25, -0.2) is 8.42 Å². The van der Waals surface area contributed by atoms with Gasteiger partial charge in [-0.1, -0.05) is 11.6 Å². The van der Waals surface area contributed by atoms with Gasteiger partial charge in [0, 0.05) is 18.2 Å². The number of hydrogen-bond acceptors (Lipinski definition) is 4. The standard InChI is InChI=1S/C13H17ClN2O3S/c1-20(18,19)9-3-4-10(14)11(7-9)16-12(17)8-13(15)5-2-6-13/h3-4,7H,2,5-6,8,15H2,1H3,(H,16,17). The van der Waals surface area contributed by atoms with E-state index in [9.17, 15) is 13.2 Å². The summed E-state index contributed by atoms with van der Waals surface area (Å²) in [5.74, 6) is -0.250. The van der Waals surface area contributed by atoms with Crippen molar-refractivity contribution in [1.82, 2.24) is 0 Å². The number of hydrogen-bond donors (Lipinski definition) is 2. The van der Waals surface area contributed by atoms with E-state index in [1.807, 2.05) is 0 Å². The third-order valence-corrected chi connectivity index (χ3v) is 4.94. The van der Waals surface area contributed by atoms with E-state index in [4.69, 9.17) is 17.3 Å². The first-order chi connectivity index (χ1) is 9.20. The van der Waals surface area contributed by atoms with Gasteiger partial charge in [-0.2, -0.15) is 0 Å². The molecule has 0 bridgehead atoms. The largest absolute Gasteiger partial charge is 0.325 e. The zero-order valence-corrected chi connectivity index (χ0v) is 12.7. The fourth-order valence-corrected chi connectivity index (χ4v) is 2.96. The first-order valence-electron chi connectivity index (χ1n) is 6.28. The van der Waals surface area contributed by atoms with E-state index < -0.39 is 15.4 Å². The number of rotatable bonds is 4. The van der Waals surface area contributed by atoms with Crippen LogP contribution in [-0.2, 0) is 14.6 Å². The summed E-state index contributed by atoms with van der Waals surface area (Å²) in [5.41, 5.74) is 5.87. The van der Waals surface area contributed by atoms with Crippen LogP contribution in [0.4, 0.5) is 5.69 Å². The number of nitrogens with two attached hydrogens (primary N) is 1. The molecule has 1 aliphatic carbocycles. The van der Waals surface area contributed by atoms with Crippen LogP contribution in [0.25, 0.3) is 0 Å². The molecule has 3 N–H and O–H groups in total. The smallest absolute Gasteiger partial charge is 0.226 e. The van der Waals surface area contributed by atoms with Crippen LogP contribution in [0.3, 0.4) is 0 Å². The van der Waals surface area contributed by atoms with Gasteiger partial charge in [0.15, 0.2) is 9.84 Å². The topological polar surface area (TPSA) is 89.3 Å². The Labute approximate surface area is 123 Å². The van der Waals surface area contributed by atoms with Gasteiger partial charge in [0.25, 0.3) is 0 Å². The van der Waals surface area contributed by atoms with Crippen molar-refractivity contribution in [2.24, 2.45) is 5.73 Å². The average molecular weight is 317 g/mol. The molecule has 110 valence electrons. The molecule has 0 heterocycles. The highest BCUT2D eigenvalue weighted by atomic mass is 35.5. The molecule has 0 radical (unpaired) electrons. The predicted molar refractivity (Wildman–Crippen MR) is 78.6 cm³/mol. The molecule has 1 aromatic carbocycles. The zero-order valence-electron chi connectivity index (χ0n) is 11.1. The molecule has 0 unspecified atom stereocenters. The number of carbonyl (C=O) groups is 1. The second-order valence-corrected chi connectivity index (χ2v) is 7.78. The highest BCUT2D eigenvalue weighted by molar-refractivity contribution is 7.90. The maximum atomic E-state index is 11.9. The monoisotopic (exact) mass is 316 g/mol. The summed E-state index contributed by atoms with van der Waals surface area (Å²) in [5, 5.41) is 2.93. The van der Waals surface area contributed by atoms with Crippen molar-refractivity contribution >= 4 is 33.0 Å². The summed E-state index contributed by atoms with van der Waals surface area (Å²) in [6.45, 7) is 0. The minimum Gasteiger partial charge on any atom is -0.325 e. The summed E-state index contributed by atoms with van der Waals surface area (Å²) >= 11 is 5.97. The first kappa shape index (κ1) is 15.3. The summed E-state index contributed by atoms with van der Waals surface area (Å²) < 4.78 is 23.0. The van der Waals surface area contributed by atoms with Gasteiger partial charge < -0.3 is 11.1 Å². The fourth-order valence-electron chi connectivity index (χ4n) is 2.15. The van der Waals surface area contributed by atoms with E-state index >= 15 is 0 Å². The molecule has 20 heavy (non-hydrogen) atoms. The Morgan fingerprint density at radius 1 is 1.45 bits per heavy atom. The molecule has 2 rings (SSSR count). The molecule has 1 aliphatic rings. The molecule has 0 saturated heterocycles. The maximum absolute atomic E-state index is 11.9. The number of nitrogens with one attached hydrogen (secondary N) is 1. The van der Waals surface area contributed by atoms with Crippen molar-refractivity contribution in [2.75, 3.05) is 11.6 Å². The average Bonchev–Trinajstić information content (AvgIpc) is 2.28. The Balaban J connectivity index is 2.14. The predicted octanol–water partition coefficient (Wildman–Crippen LogP) is 1.95. The number of amides is 1. The molecule has 7 heteroatoms. The second kappa shape index (κ2) is 5.35. The summed E-state index contributed by atoms with van der Waals surface area (Å²) in [4.78, 5) is 12.0. The third kappa shape index (κ3) is 3.50. The normalized spacial score (nSPS) is 17.4. The summed E-state index contributed by atoms with van der Waals surface area (Å²) in [7, 11) is -3.34. The number of carbonyl (C=O) groups excluding carboxylic acids is 1. The van der Waals surface area contributed by atoms with E-state index in [1.165, 1.54) is 18.2 Å². The molecule has 1 saturated carbocycles. The van der Waals surface area contributed by atoms with Crippen LogP contribution < -0.4 is 11.1 Å². The molecule has 0 aliphatic heterocycles. The van der Waals surface area contributed by atoms with Crippen LogP contribution >= 0.6 is 11.6 Å². The summed E-state index contributed by atoms with van der Waals surface area (Å²) in [6.07, 6.45) is 4.01. The molecule has 0 atom stereocenters. The van der Waals surface area contributed by atoms with Gasteiger partial charge in [-0.15, -0.1) is 0 Å². The van der Waals surface area contributed by atoms with Crippen molar-refractivity contribution in [2.45, 2.75) is 36.1 Å². The Kier molecular flexibility index (Phi) is 4.09. The van der Waals surface area contributed by atoms with Crippen molar-refractivity contribution < 1.29 is 13.2 Å². The van der Waals surface area contributed by atoms with Crippen LogP contribution in [0.2, 0.25) is 5.02 Å². The van der Waals surface area contributed by atoms with Gasteiger partial charge in [0.2, 0.25) is 5.91 Å². The number of benzene rings is 1. The van der Waals surface area contributed by atoms with E-state index in [0.717, 1.165) is 25.5 Å². The lowest BCUT2D eigenvalue weighted by molar-refractivity contribution is -0.118. The van der Waals surface area contributed by atoms with Gasteiger partial charge >= 0.3 is 0 Å². The molecule has 1 aromatic rings. The highest BCUT2D eigenvalue weighted by Gasteiger charge is 2.34. The second-order valence-electron chi connectivity index (χ2n) is 5.35. The van der Waals surface area contributed by atoms with Crippen molar-refractivity contribution in [3.05, 3.63) is 23.2 Å². The third-order valence-electron chi connectivity index (χ3n) is 3.50. The Hall–Kier alpha value is -1.11. The minimum atomic E-state index is -3.34. The number of anilines is 1. The molecule has 1 fully saturated rings. The van der Waals surface area contributed by atoms with Crippen LogP contribution in [0, 0.1) is 0 Å². The lowest BCUT2D eigenvalue weighted by atomic mass is 9.75. The quantitative estimate of drug-likeness (QED) is 0.888. The van der Waals surface area contributed by atoms with Crippen LogP contribution in [0.1, 0.15) is 25.7 Å². The van der Waals surface area contributed by atoms with Gasteiger partial charge in [-0.3, -0.25) is 4.79 Å². The lowest BCUT2D eigenvalue weighted by Crippen LogP contribution is -2.48. The Morgan fingerprint density at radius 3 is 2.60 bits per heavy atom. The van der Waals surface area contributed by atoms with Crippen molar-refractivity contribution in [3.63, 3.8) is 0 Å². The lowest BCUT2D eigenvalue weighted by Gasteiger charge is -2.37. The fraction of sp³-hybridized carbons (Fsp3) is 0.462. The van der Waals surface area contributed by atoms with E-state index in [-0.39, 0.29) is 17.2 Å². The molecule has 0 spiro atoms. The van der Waals surface area contributed by atoms with Gasteiger partial charge in [-0.05, 0) is 37.5 Å². The Morgan fingerprint density at radius 2 is 2.10 bits per heavy atom. The first-order valence-corrected chi connectivity index (χ1v) is 8.55. The SMILES string of the molecule is CS(=O)(=O)c1ccc(Cl)c(NC(=O)CC2(N)CCC2)c1. The molecular formula is C13H17ClN2O3S. The van der Waals surface area contributed by atoms with Crippen LogP contribution in [0.5, 0.6) is 0 Å². The van der Waals surface area contributed by atoms with Crippen molar-refractivity contribution in [1.29, 1.82) is 0 Å². The molecule has 0 aromatic heterocycles. The van der Waals surface area contributed by atoms with Gasteiger partial charge in [0.1, 0.15) is 0 Å². The Bertz CT molecular complexity index is 639. The molecular weight excluding hydrogens is 300 g/mol. The van der Waals surface area contributed by atoms with E-state index in [2.05, 4.69) is 5.32 Å². The summed E-state index contributed by atoms with van der Waals surface area (Å²) in [6, 6.07) is 4.22. The number of halogens is 1. The van der Waals surface area contributed by atoms with Crippen molar-refractivity contribution in [3.8, 4) is 0 Å². The van der Waals surface area contributed by atoms with E-state index in [1.54, 1.807) is 0 Å².